The summed E-state index contributed by atoms with van der Waals surface area (Å²) in [7, 11) is 0. The van der Waals surface area contributed by atoms with Crippen LogP contribution >= 0.6 is 0 Å². The van der Waals surface area contributed by atoms with Crippen LogP contribution in [0.5, 0.6) is 0 Å². The number of aryl methyl sites for hydroxylation is 1. The van der Waals surface area contributed by atoms with Crippen LogP contribution in [-0.2, 0) is 0 Å². The monoisotopic (exact) mass is 287 g/mol. The highest BCUT2D eigenvalue weighted by molar-refractivity contribution is 5.94. The van der Waals surface area contributed by atoms with Crippen molar-refractivity contribution in [2.75, 3.05) is 5.32 Å². The number of carbonyl (C=O) groups is 1. The minimum absolute atomic E-state index is 0.0711. The number of carboxylic acid groups (broad SMARTS) is 1. The van der Waals surface area contributed by atoms with Crippen molar-refractivity contribution >= 4 is 23.2 Å². The van der Waals surface area contributed by atoms with Gasteiger partial charge in [-0.25, -0.2) is 9.78 Å². The fourth-order valence-corrected chi connectivity index (χ4v) is 1.83. The largest absolute Gasteiger partial charge is 0.478 e. The number of hydrogen-bond acceptors (Lipinski definition) is 5. The van der Waals surface area contributed by atoms with E-state index >= 15 is 0 Å². The van der Waals surface area contributed by atoms with Crippen molar-refractivity contribution in [3.63, 3.8) is 0 Å². The number of anilines is 2. The van der Waals surface area contributed by atoms with Crippen LogP contribution in [0.2, 0.25) is 0 Å². The van der Waals surface area contributed by atoms with Crippen molar-refractivity contribution in [3.8, 4) is 0 Å². The maximum absolute atomic E-state index is 11.2. The second-order valence-electron chi connectivity index (χ2n) is 4.52. The minimum Gasteiger partial charge on any atom is -0.478 e. The van der Waals surface area contributed by atoms with E-state index in [1.165, 1.54) is 0 Å². The zero-order valence-electron chi connectivity index (χ0n) is 11.5. The number of pyridine rings is 1. The van der Waals surface area contributed by atoms with Crippen LogP contribution in [0.4, 0.5) is 17.2 Å². The van der Waals surface area contributed by atoms with Crippen molar-refractivity contribution in [2.45, 2.75) is 13.8 Å². The second-order valence-corrected chi connectivity index (χ2v) is 4.52. The highest BCUT2D eigenvalue weighted by atomic mass is 16.6. The number of hydrogen-bond donors (Lipinski definition) is 2. The van der Waals surface area contributed by atoms with E-state index in [1.54, 1.807) is 6.07 Å². The Balaban J connectivity index is 2.46. The molecule has 0 saturated carbocycles. The lowest BCUT2D eigenvalue weighted by Gasteiger charge is -2.12. The maximum Gasteiger partial charge on any atom is 0.339 e. The molecule has 108 valence electrons. The van der Waals surface area contributed by atoms with E-state index in [2.05, 4.69) is 10.3 Å². The summed E-state index contributed by atoms with van der Waals surface area (Å²) in [5.74, 6) is -1.21. The highest BCUT2D eigenvalue weighted by Crippen LogP contribution is 2.25. The van der Waals surface area contributed by atoms with E-state index in [9.17, 15) is 20.0 Å². The molecule has 1 aromatic heterocycles. The van der Waals surface area contributed by atoms with Crippen LogP contribution in [0.1, 0.15) is 21.5 Å². The zero-order valence-corrected chi connectivity index (χ0v) is 11.5. The predicted molar refractivity (Wildman–Crippen MR) is 77.0 cm³/mol. The topological polar surface area (TPSA) is 105 Å². The number of carboxylic acids is 1. The Hall–Kier alpha value is -2.96. The Kier molecular flexibility index (Phi) is 3.84. The molecule has 0 fully saturated rings. The molecular weight excluding hydrogens is 274 g/mol. The second kappa shape index (κ2) is 5.58. The molecule has 21 heavy (non-hydrogen) atoms. The standard InChI is InChI=1S/C14H13N3O4/c1-8-4-3-5-12(9(8)2)16-13-11(14(18)19)6-10(7-15-13)17(20)21/h3-7H,1-2H3,(H,15,16)(H,18,19). The summed E-state index contributed by atoms with van der Waals surface area (Å²) in [5.41, 5.74) is 2.09. The maximum atomic E-state index is 11.2. The Morgan fingerprint density at radius 2 is 2.10 bits per heavy atom. The summed E-state index contributed by atoms with van der Waals surface area (Å²) in [6.45, 7) is 3.82. The third-order valence-electron chi connectivity index (χ3n) is 3.17. The van der Waals surface area contributed by atoms with Gasteiger partial charge in [0.05, 0.1) is 4.92 Å². The van der Waals surface area contributed by atoms with Gasteiger partial charge < -0.3 is 10.4 Å². The molecule has 0 aliphatic carbocycles. The van der Waals surface area contributed by atoms with Gasteiger partial charge in [-0.3, -0.25) is 10.1 Å². The molecule has 0 bridgehead atoms. The smallest absolute Gasteiger partial charge is 0.339 e. The zero-order chi connectivity index (χ0) is 15.6. The first-order chi connectivity index (χ1) is 9.90. The van der Waals surface area contributed by atoms with Gasteiger partial charge in [0, 0.05) is 11.8 Å². The first-order valence-electron chi connectivity index (χ1n) is 6.11. The molecule has 0 saturated heterocycles. The fraction of sp³-hybridized carbons (Fsp3) is 0.143. The van der Waals surface area contributed by atoms with Crippen molar-refractivity contribution in [1.29, 1.82) is 0 Å². The number of nitro groups is 1. The van der Waals surface area contributed by atoms with Gasteiger partial charge in [-0.05, 0) is 31.0 Å². The van der Waals surface area contributed by atoms with Gasteiger partial charge >= 0.3 is 5.97 Å². The number of aromatic carboxylic acids is 1. The van der Waals surface area contributed by atoms with Gasteiger partial charge in [-0.2, -0.15) is 0 Å². The molecule has 0 radical (unpaired) electrons. The van der Waals surface area contributed by atoms with Gasteiger partial charge in [0.1, 0.15) is 17.6 Å². The molecule has 1 aromatic carbocycles. The van der Waals surface area contributed by atoms with Gasteiger partial charge in [0.2, 0.25) is 0 Å². The molecular formula is C14H13N3O4. The number of nitrogens with one attached hydrogen (secondary N) is 1. The average Bonchev–Trinajstić information content (AvgIpc) is 2.43. The van der Waals surface area contributed by atoms with E-state index in [-0.39, 0.29) is 17.1 Å². The lowest BCUT2D eigenvalue weighted by Crippen LogP contribution is -2.07. The van der Waals surface area contributed by atoms with E-state index in [1.807, 2.05) is 26.0 Å². The number of aromatic nitrogens is 1. The van der Waals surface area contributed by atoms with Gasteiger partial charge in [-0.15, -0.1) is 0 Å². The van der Waals surface area contributed by atoms with E-state index in [4.69, 9.17) is 0 Å². The van der Waals surface area contributed by atoms with Crippen molar-refractivity contribution in [3.05, 3.63) is 57.3 Å². The van der Waals surface area contributed by atoms with Crippen molar-refractivity contribution in [2.24, 2.45) is 0 Å². The number of rotatable bonds is 4. The van der Waals surface area contributed by atoms with Crippen LogP contribution in [0.15, 0.2) is 30.5 Å². The normalized spacial score (nSPS) is 10.2. The van der Waals surface area contributed by atoms with Crippen molar-refractivity contribution in [1.82, 2.24) is 4.98 Å². The molecule has 1 heterocycles. The molecule has 0 aliphatic rings. The van der Waals surface area contributed by atoms with E-state index in [0.717, 1.165) is 23.4 Å². The van der Waals surface area contributed by atoms with Crippen LogP contribution in [0, 0.1) is 24.0 Å². The summed E-state index contributed by atoms with van der Waals surface area (Å²) >= 11 is 0. The predicted octanol–water partition coefficient (Wildman–Crippen LogP) is 3.05. The van der Waals surface area contributed by atoms with E-state index < -0.39 is 10.9 Å². The Bertz CT molecular complexity index is 728. The number of nitrogens with zero attached hydrogens (tertiary/aromatic N) is 2. The highest BCUT2D eigenvalue weighted by Gasteiger charge is 2.18. The molecule has 2 aromatic rings. The van der Waals surface area contributed by atoms with Crippen LogP contribution in [0.25, 0.3) is 0 Å². The summed E-state index contributed by atoms with van der Waals surface area (Å²) < 4.78 is 0. The summed E-state index contributed by atoms with van der Waals surface area (Å²) in [4.78, 5) is 25.1. The third-order valence-corrected chi connectivity index (χ3v) is 3.17. The summed E-state index contributed by atoms with van der Waals surface area (Å²) in [6, 6.07) is 6.54. The molecule has 7 heteroatoms. The molecule has 2 rings (SSSR count). The molecule has 0 unspecified atom stereocenters. The van der Waals surface area contributed by atoms with Crippen molar-refractivity contribution < 1.29 is 14.8 Å². The fourth-order valence-electron chi connectivity index (χ4n) is 1.83. The SMILES string of the molecule is Cc1cccc(Nc2ncc([N+](=O)[O-])cc2C(=O)O)c1C. The Morgan fingerprint density at radius 3 is 2.71 bits per heavy atom. The van der Waals surface area contributed by atoms with E-state index in [0.29, 0.717) is 5.69 Å². The first-order valence-corrected chi connectivity index (χ1v) is 6.11. The van der Waals surface area contributed by atoms with Gasteiger partial charge in [-0.1, -0.05) is 12.1 Å². The Morgan fingerprint density at radius 1 is 1.38 bits per heavy atom. The van der Waals surface area contributed by atoms with Crippen LogP contribution in [-0.4, -0.2) is 21.0 Å². The lowest BCUT2D eigenvalue weighted by molar-refractivity contribution is -0.385. The first kappa shape index (κ1) is 14.4. The summed E-state index contributed by atoms with van der Waals surface area (Å²) in [6.07, 6.45) is 1.03. The molecule has 0 spiro atoms. The summed E-state index contributed by atoms with van der Waals surface area (Å²) in [5, 5.41) is 22.8. The molecule has 2 N–H and O–H groups in total. The molecule has 0 amide bonds. The molecule has 0 atom stereocenters. The quantitative estimate of drug-likeness (QED) is 0.661. The Labute approximate surface area is 120 Å². The van der Waals surface area contributed by atoms with Crippen LogP contribution in [0.3, 0.4) is 0 Å². The minimum atomic E-state index is -1.28. The molecule has 7 nitrogen and oxygen atoms in total. The van der Waals surface area contributed by atoms with Crippen LogP contribution < -0.4 is 5.32 Å². The third kappa shape index (κ3) is 2.97. The number of benzene rings is 1. The average molecular weight is 287 g/mol. The lowest BCUT2D eigenvalue weighted by atomic mass is 10.1. The molecule has 0 aliphatic heterocycles. The van der Waals surface area contributed by atoms with Gasteiger partial charge in [0.25, 0.3) is 5.69 Å². The van der Waals surface area contributed by atoms with Gasteiger partial charge in [0.15, 0.2) is 0 Å².